The summed E-state index contributed by atoms with van der Waals surface area (Å²) in [7, 11) is 1.58. The van der Waals surface area contributed by atoms with Crippen molar-refractivity contribution in [3.8, 4) is 5.75 Å². The van der Waals surface area contributed by atoms with Gasteiger partial charge in [-0.15, -0.1) is 0 Å². The van der Waals surface area contributed by atoms with Crippen LogP contribution in [0.1, 0.15) is 11.1 Å². The van der Waals surface area contributed by atoms with E-state index < -0.39 is 23.4 Å². The first-order valence-electron chi connectivity index (χ1n) is 8.47. The van der Waals surface area contributed by atoms with E-state index in [-0.39, 0.29) is 5.69 Å². The number of non-ortho nitro benzene ring substituents is 1. The number of nitro groups is 1. The molecule has 0 saturated heterocycles. The predicted molar refractivity (Wildman–Crippen MR) is 103 cm³/mol. The second kappa shape index (κ2) is 10.5. The molecule has 8 nitrogen and oxygen atoms in total. The Morgan fingerprint density at radius 2 is 1.96 bits per heavy atom. The number of methoxy groups -OCH3 is 1. The van der Waals surface area contributed by atoms with Gasteiger partial charge in [-0.2, -0.15) is 0 Å². The largest absolute Gasteiger partial charge is 0.496 e. The average Bonchev–Trinajstić information content (AvgIpc) is 2.71. The Morgan fingerprint density at radius 3 is 2.71 bits per heavy atom. The van der Waals surface area contributed by atoms with Crippen molar-refractivity contribution in [2.24, 2.45) is 0 Å². The number of para-hydroxylation sites is 1. The number of rotatable bonds is 9. The van der Waals surface area contributed by atoms with E-state index in [0.29, 0.717) is 18.5 Å². The number of amides is 1. The van der Waals surface area contributed by atoms with Gasteiger partial charge in [-0.3, -0.25) is 14.9 Å². The highest BCUT2D eigenvalue weighted by atomic mass is 16.6. The van der Waals surface area contributed by atoms with E-state index >= 15 is 0 Å². The molecule has 0 unspecified atom stereocenters. The normalized spacial score (nSPS) is 10.5. The number of nitrogens with one attached hydrogen (secondary N) is 1. The van der Waals surface area contributed by atoms with Crippen LogP contribution in [-0.2, 0) is 20.7 Å². The van der Waals surface area contributed by atoms with E-state index in [2.05, 4.69) is 5.32 Å². The molecule has 2 aromatic rings. The van der Waals surface area contributed by atoms with E-state index in [1.54, 1.807) is 13.2 Å². The van der Waals surface area contributed by atoms with E-state index in [1.807, 2.05) is 24.3 Å². The molecule has 2 aromatic carbocycles. The minimum atomic E-state index is -0.716. The van der Waals surface area contributed by atoms with Gasteiger partial charge >= 0.3 is 5.97 Å². The Bertz CT molecular complexity index is 879. The van der Waals surface area contributed by atoms with Crippen molar-refractivity contribution in [2.75, 3.05) is 20.3 Å². The number of carbonyl (C=O) groups is 2. The number of hydrogen-bond donors (Lipinski definition) is 1. The SMILES string of the molecule is COc1ccccc1CCNC(=O)COC(=O)/C=C/c1cccc([N+](=O)[O-])c1. The van der Waals surface area contributed by atoms with Crippen LogP contribution in [-0.4, -0.2) is 37.1 Å². The fourth-order valence-electron chi connectivity index (χ4n) is 2.39. The second-order valence-corrected chi connectivity index (χ2v) is 5.70. The number of esters is 1. The van der Waals surface area contributed by atoms with Crippen LogP contribution in [0.3, 0.4) is 0 Å². The first-order chi connectivity index (χ1) is 13.5. The lowest BCUT2D eigenvalue weighted by Gasteiger charge is -2.09. The van der Waals surface area contributed by atoms with Gasteiger partial charge in [-0.05, 0) is 29.7 Å². The topological polar surface area (TPSA) is 108 Å². The average molecular weight is 384 g/mol. The van der Waals surface area contributed by atoms with E-state index in [9.17, 15) is 19.7 Å². The smallest absolute Gasteiger partial charge is 0.331 e. The number of carbonyl (C=O) groups excluding carboxylic acids is 2. The van der Waals surface area contributed by atoms with E-state index in [4.69, 9.17) is 9.47 Å². The summed E-state index contributed by atoms with van der Waals surface area (Å²) in [5.41, 5.74) is 1.36. The standard InChI is InChI=1S/C20H20N2O6/c1-27-18-8-3-2-6-16(18)11-12-21-19(23)14-28-20(24)10-9-15-5-4-7-17(13-15)22(25)26/h2-10,13H,11-12,14H2,1H3,(H,21,23)/b10-9+. The fraction of sp³-hybridized carbons (Fsp3) is 0.200. The third-order valence-corrected chi connectivity index (χ3v) is 3.75. The maximum Gasteiger partial charge on any atom is 0.331 e. The number of ether oxygens (including phenoxy) is 2. The third kappa shape index (κ3) is 6.56. The fourth-order valence-corrected chi connectivity index (χ4v) is 2.39. The Hall–Kier alpha value is -3.68. The number of nitro benzene ring substituents is 1. The zero-order valence-electron chi connectivity index (χ0n) is 15.3. The maximum atomic E-state index is 11.8. The molecule has 8 heteroatoms. The van der Waals surface area contributed by atoms with Crippen molar-refractivity contribution < 1.29 is 24.0 Å². The predicted octanol–water partition coefficient (Wildman–Crippen LogP) is 2.52. The summed E-state index contributed by atoms with van der Waals surface area (Å²) < 4.78 is 10.1. The molecule has 146 valence electrons. The summed E-state index contributed by atoms with van der Waals surface area (Å²) in [6, 6.07) is 13.3. The summed E-state index contributed by atoms with van der Waals surface area (Å²) in [4.78, 5) is 33.6. The lowest BCUT2D eigenvalue weighted by Crippen LogP contribution is -2.30. The highest BCUT2D eigenvalue weighted by Gasteiger charge is 2.07. The Balaban J connectivity index is 1.74. The molecular weight excluding hydrogens is 364 g/mol. The van der Waals surface area contributed by atoms with Crippen molar-refractivity contribution in [1.82, 2.24) is 5.32 Å². The minimum absolute atomic E-state index is 0.0788. The van der Waals surface area contributed by atoms with Crippen LogP contribution >= 0.6 is 0 Å². The molecule has 0 aliphatic heterocycles. The number of benzene rings is 2. The van der Waals surface area contributed by atoms with Crippen LogP contribution in [0.25, 0.3) is 6.08 Å². The molecule has 0 spiro atoms. The molecule has 0 aliphatic rings. The lowest BCUT2D eigenvalue weighted by molar-refractivity contribution is -0.384. The van der Waals surface area contributed by atoms with Gasteiger partial charge in [0.15, 0.2) is 6.61 Å². The summed E-state index contributed by atoms with van der Waals surface area (Å²) in [5, 5.41) is 13.4. The molecule has 2 rings (SSSR count). The maximum absolute atomic E-state index is 11.8. The van der Waals surface area contributed by atoms with Gasteiger partial charge in [0.25, 0.3) is 11.6 Å². The van der Waals surface area contributed by atoms with Gasteiger partial charge in [-0.1, -0.05) is 30.3 Å². The van der Waals surface area contributed by atoms with Gasteiger partial charge in [0.2, 0.25) is 0 Å². The van der Waals surface area contributed by atoms with Gasteiger partial charge in [-0.25, -0.2) is 4.79 Å². The molecule has 1 N–H and O–H groups in total. The molecule has 1 amide bonds. The van der Waals surface area contributed by atoms with Crippen molar-refractivity contribution >= 4 is 23.6 Å². The second-order valence-electron chi connectivity index (χ2n) is 5.70. The van der Waals surface area contributed by atoms with Crippen molar-refractivity contribution in [2.45, 2.75) is 6.42 Å². The quantitative estimate of drug-likeness (QED) is 0.308. The Labute approximate surface area is 161 Å². The van der Waals surface area contributed by atoms with E-state index in [1.165, 1.54) is 24.3 Å². The van der Waals surface area contributed by atoms with Crippen molar-refractivity contribution in [3.63, 3.8) is 0 Å². The molecular formula is C20H20N2O6. The molecule has 0 heterocycles. The first-order valence-corrected chi connectivity index (χ1v) is 8.47. The summed E-state index contributed by atoms with van der Waals surface area (Å²) in [5.74, 6) is -0.396. The molecule has 0 aliphatic carbocycles. The minimum Gasteiger partial charge on any atom is -0.496 e. The van der Waals surface area contributed by atoms with Crippen LogP contribution in [0, 0.1) is 10.1 Å². The molecule has 0 atom stereocenters. The highest BCUT2D eigenvalue weighted by molar-refractivity contribution is 5.89. The summed E-state index contributed by atoms with van der Waals surface area (Å²) in [6.07, 6.45) is 3.08. The highest BCUT2D eigenvalue weighted by Crippen LogP contribution is 2.17. The van der Waals surface area contributed by atoms with Gasteiger partial charge in [0, 0.05) is 24.8 Å². The zero-order chi connectivity index (χ0) is 20.4. The third-order valence-electron chi connectivity index (χ3n) is 3.75. The molecule has 0 saturated carbocycles. The molecule has 0 bridgehead atoms. The summed E-state index contributed by atoms with van der Waals surface area (Å²) in [6.45, 7) is -0.0374. The lowest BCUT2D eigenvalue weighted by atomic mass is 10.1. The molecule has 0 aromatic heterocycles. The monoisotopic (exact) mass is 384 g/mol. The molecule has 28 heavy (non-hydrogen) atoms. The molecule has 0 radical (unpaired) electrons. The number of nitrogens with zero attached hydrogens (tertiary/aromatic N) is 1. The van der Waals surface area contributed by atoms with Crippen LogP contribution in [0.2, 0.25) is 0 Å². The van der Waals surface area contributed by atoms with Crippen LogP contribution < -0.4 is 10.1 Å². The Kier molecular flexibility index (Phi) is 7.71. The van der Waals surface area contributed by atoms with Crippen LogP contribution in [0.4, 0.5) is 5.69 Å². The summed E-state index contributed by atoms with van der Waals surface area (Å²) >= 11 is 0. The van der Waals surface area contributed by atoms with Crippen LogP contribution in [0.5, 0.6) is 5.75 Å². The van der Waals surface area contributed by atoms with Gasteiger partial charge in [0.1, 0.15) is 5.75 Å². The van der Waals surface area contributed by atoms with Crippen LogP contribution in [0.15, 0.2) is 54.6 Å². The molecule has 0 fully saturated rings. The zero-order valence-corrected chi connectivity index (χ0v) is 15.3. The Morgan fingerprint density at radius 1 is 1.18 bits per heavy atom. The first kappa shape index (κ1) is 20.6. The number of hydrogen-bond acceptors (Lipinski definition) is 6. The van der Waals surface area contributed by atoms with Gasteiger partial charge in [0.05, 0.1) is 12.0 Å². The van der Waals surface area contributed by atoms with Gasteiger partial charge < -0.3 is 14.8 Å². The van der Waals surface area contributed by atoms with Crippen molar-refractivity contribution in [1.29, 1.82) is 0 Å². The van der Waals surface area contributed by atoms with Crippen molar-refractivity contribution in [3.05, 3.63) is 75.8 Å². The van der Waals surface area contributed by atoms with E-state index in [0.717, 1.165) is 17.4 Å².